The van der Waals surface area contributed by atoms with E-state index in [1.807, 2.05) is 0 Å². The summed E-state index contributed by atoms with van der Waals surface area (Å²) in [4.78, 5) is 16.9. The standard InChI is InChI=1S/C18H19ClF4N6OS.C3H7F/c19-12-8-26-17(31-12)27-15(30)13(11-5-6-18(22,23)7-11)9-1-3-10(4-2-9)14(28-24)29(25)16(20)21;1-3(2)4/h1-4,8,11,13,16H,5-7,24-25H2,(H,26,27,30);3H,1-2H3/b28-14-;. The number of aromatic nitrogens is 1. The number of rotatable bonds is 6. The number of nitrogens with one attached hydrogen (secondary N) is 1. The molecule has 1 aliphatic rings. The predicted molar refractivity (Wildman–Crippen MR) is 126 cm³/mol. The highest BCUT2D eigenvalue weighted by molar-refractivity contribution is 7.19. The molecule has 0 saturated heterocycles. The van der Waals surface area contributed by atoms with E-state index in [4.69, 9.17) is 23.3 Å². The maximum atomic E-state index is 13.9. The second kappa shape index (κ2) is 12.5. The van der Waals surface area contributed by atoms with Crippen LogP contribution >= 0.6 is 22.9 Å². The number of alkyl halides is 5. The Morgan fingerprint density at radius 1 is 1.29 bits per heavy atom. The second-order valence-corrected chi connectivity index (χ2v) is 9.73. The van der Waals surface area contributed by atoms with E-state index >= 15 is 0 Å². The molecule has 0 spiro atoms. The van der Waals surface area contributed by atoms with Crippen LogP contribution in [-0.4, -0.2) is 40.4 Å². The lowest BCUT2D eigenvalue weighted by Gasteiger charge is -2.24. The minimum absolute atomic E-state index is 0.100. The number of hydrazine groups is 1. The van der Waals surface area contributed by atoms with Crippen molar-refractivity contribution in [2.75, 3.05) is 5.32 Å². The lowest BCUT2D eigenvalue weighted by molar-refractivity contribution is -0.118. The normalized spacial score (nSPS) is 18.3. The molecular formula is C21H26ClF5N6OS. The molecule has 35 heavy (non-hydrogen) atoms. The van der Waals surface area contributed by atoms with E-state index in [1.165, 1.54) is 44.3 Å². The molecular weight excluding hydrogens is 515 g/mol. The zero-order valence-corrected chi connectivity index (χ0v) is 20.5. The number of amides is 1. The summed E-state index contributed by atoms with van der Waals surface area (Å²) in [6, 6.07) is 5.76. The summed E-state index contributed by atoms with van der Waals surface area (Å²) in [5.41, 5.74) is 0.611. The summed E-state index contributed by atoms with van der Waals surface area (Å²) in [5.74, 6) is 5.18. The van der Waals surface area contributed by atoms with Crippen LogP contribution in [0.2, 0.25) is 4.34 Å². The van der Waals surface area contributed by atoms with Gasteiger partial charge in [0.25, 0.3) is 0 Å². The summed E-state index contributed by atoms with van der Waals surface area (Å²) in [6.07, 6.45) is 0.0968. The van der Waals surface area contributed by atoms with Gasteiger partial charge in [0, 0.05) is 18.4 Å². The van der Waals surface area contributed by atoms with Gasteiger partial charge in [0.05, 0.1) is 18.3 Å². The van der Waals surface area contributed by atoms with Gasteiger partial charge in [-0.25, -0.2) is 29.0 Å². The highest BCUT2D eigenvalue weighted by Gasteiger charge is 2.45. The molecule has 0 bridgehead atoms. The number of hydrazone groups is 1. The van der Waals surface area contributed by atoms with Gasteiger partial charge in [-0.2, -0.15) is 13.9 Å². The first-order valence-corrected chi connectivity index (χ1v) is 11.7. The number of halogens is 6. The molecule has 2 unspecified atom stereocenters. The van der Waals surface area contributed by atoms with Gasteiger partial charge >= 0.3 is 6.55 Å². The molecule has 1 aliphatic carbocycles. The fraction of sp³-hybridized carbons (Fsp3) is 0.476. The van der Waals surface area contributed by atoms with Gasteiger partial charge < -0.3 is 11.2 Å². The Morgan fingerprint density at radius 2 is 1.89 bits per heavy atom. The molecule has 7 nitrogen and oxygen atoms in total. The highest BCUT2D eigenvalue weighted by atomic mass is 35.5. The first kappa shape index (κ1) is 28.7. The third-order valence-corrected chi connectivity index (χ3v) is 6.04. The number of carbonyl (C=O) groups excluding carboxylic acids is 1. The number of hydrogen-bond donors (Lipinski definition) is 3. The van der Waals surface area contributed by atoms with Gasteiger partial charge in [-0.3, -0.25) is 4.79 Å². The van der Waals surface area contributed by atoms with Crippen LogP contribution in [0.15, 0.2) is 35.6 Å². The molecule has 3 rings (SSSR count). The monoisotopic (exact) mass is 540 g/mol. The Bertz CT molecular complexity index is 1000. The zero-order chi connectivity index (χ0) is 26.3. The lowest BCUT2D eigenvalue weighted by atomic mass is 9.83. The van der Waals surface area contributed by atoms with E-state index in [0.717, 1.165) is 11.3 Å². The molecule has 2 atom stereocenters. The van der Waals surface area contributed by atoms with Gasteiger partial charge in [0.15, 0.2) is 11.0 Å². The molecule has 1 saturated carbocycles. The van der Waals surface area contributed by atoms with Crippen LogP contribution < -0.4 is 17.0 Å². The van der Waals surface area contributed by atoms with Crippen LogP contribution in [0, 0.1) is 5.92 Å². The van der Waals surface area contributed by atoms with Crippen molar-refractivity contribution in [1.29, 1.82) is 0 Å². The Balaban J connectivity index is 0.00000100. The van der Waals surface area contributed by atoms with Crippen molar-refractivity contribution in [1.82, 2.24) is 9.99 Å². The first-order chi connectivity index (χ1) is 16.3. The Labute approximate surface area is 208 Å². The number of hydrogen-bond acceptors (Lipinski definition) is 6. The molecule has 5 N–H and O–H groups in total. The molecule has 1 aromatic carbocycles. The Hall–Kier alpha value is -2.51. The SMILES string of the molecule is CC(C)F.N/N=C(/c1ccc(C(C(=O)Nc2ncc(Cl)s2)C2CCC(F)(F)C2)cc1)N(N)C(F)F. The summed E-state index contributed by atoms with van der Waals surface area (Å²) < 4.78 is 64.8. The van der Waals surface area contributed by atoms with Crippen molar-refractivity contribution >= 4 is 39.8 Å². The largest absolute Gasteiger partial charge is 0.329 e. The number of nitrogens with two attached hydrogens (primary N) is 2. The molecule has 194 valence electrons. The summed E-state index contributed by atoms with van der Waals surface area (Å²) >= 11 is 6.87. The number of carbonyl (C=O) groups is 1. The van der Waals surface area contributed by atoms with Crippen LogP contribution in [0.4, 0.5) is 27.1 Å². The van der Waals surface area contributed by atoms with Crippen LogP contribution in [-0.2, 0) is 4.79 Å². The van der Waals surface area contributed by atoms with Crippen molar-refractivity contribution < 1.29 is 26.7 Å². The zero-order valence-electron chi connectivity index (χ0n) is 18.9. The molecule has 14 heteroatoms. The molecule has 1 heterocycles. The summed E-state index contributed by atoms with van der Waals surface area (Å²) in [5, 5.41) is 6.24. The molecule has 0 radical (unpaired) electrons. The lowest BCUT2D eigenvalue weighted by Crippen LogP contribution is -2.42. The highest BCUT2D eigenvalue weighted by Crippen LogP contribution is 2.46. The average molecular weight is 541 g/mol. The van der Waals surface area contributed by atoms with Gasteiger partial charge in [-0.15, -0.1) is 0 Å². The molecule has 1 amide bonds. The van der Waals surface area contributed by atoms with Crippen LogP contribution in [0.25, 0.3) is 0 Å². The summed E-state index contributed by atoms with van der Waals surface area (Å²) in [7, 11) is 0. The maximum Gasteiger partial charge on any atom is 0.329 e. The van der Waals surface area contributed by atoms with Crippen molar-refractivity contribution in [3.8, 4) is 0 Å². The molecule has 1 aromatic heterocycles. The minimum Gasteiger partial charge on any atom is -0.321 e. The third kappa shape index (κ3) is 8.29. The van der Waals surface area contributed by atoms with Gasteiger partial charge in [-0.05, 0) is 31.7 Å². The van der Waals surface area contributed by atoms with Crippen LogP contribution in [0.1, 0.15) is 50.2 Å². The van der Waals surface area contributed by atoms with E-state index in [-0.39, 0.29) is 34.4 Å². The number of anilines is 1. The number of amidine groups is 1. The van der Waals surface area contributed by atoms with Crippen molar-refractivity contribution in [2.24, 2.45) is 22.7 Å². The van der Waals surface area contributed by atoms with E-state index in [0.29, 0.717) is 9.90 Å². The van der Waals surface area contributed by atoms with Crippen LogP contribution in [0.5, 0.6) is 0 Å². The van der Waals surface area contributed by atoms with Gasteiger partial charge in [0.1, 0.15) is 4.34 Å². The topological polar surface area (TPSA) is 110 Å². The fourth-order valence-corrected chi connectivity index (χ4v) is 4.44. The van der Waals surface area contributed by atoms with Gasteiger partial charge in [0.2, 0.25) is 11.8 Å². The van der Waals surface area contributed by atoms with E-state index in [1.54, 1.807) is 0 Å². The third-order valence-electron chi connectivity index (χ3n) is 5.01. The minimum atomic E-state index is -3.04. The molecule has 1 fully saturated rings. The second-order valence-electron chi connectivity index (χ2n) is 8.07. The Kier molecular flexibility index (Phi) is 10.2. The van der Waals surface area contributed by atoms with Gasteiger partial charge in [-0.1, -0.05) is 47.2 Å². The van der Waals surface area contributed by atoms with Crippen molar-refractivity contribution in [3.05, 3.63) is 45.9 Å². The fourth-order valence-electron chi connectivity index (χ4n) is 3.62. The van der Waals surface area contributed by atoms with Crippen LogP contribution in [0.3, 0.4) is 0 Å². The summed E-state index contributed by atoms with van der Waals surface area (Å²) in [6.45, 7) is -0.0358. The maximum absolute atomic E-state index is 13.9. The Morgan fingerprint density at radius 3 is 2.31 bits per heavy atom. The average Bonchev–Trinajstić information content (AvgIpc) is 3.33. The van der Waals surface area contributed by atoms with Crippen molar-refractivity contribution in [2.45, 2.75) is 57.7 Å². The smallest absolute Gasteiger partial charge is 0.321 e. The first-order valence-electron chi connectivity index (χ1n) is 10.5. The quantitative estimate of drug-likeness (QED) is 0.114. The molecule has 2 aromatic rings. The van der Waals surface area contributed by atoms with Crippen molar-refractivity contribution in [3.63, 3.8) is 0 Å². The van der Waals surface area contributed by atoms with E-state index in [2.05, 4.69) is 15.4 Å². The van der Waals surface area contributed by atoms with E-state index in [9.17, 15) is 26.7 Å². The van der Waals surface area contributed by atoms with E-state index < -0.39 is 42.8 Å². The number of thiazole rings is 1. The predicted octanol–water partition coefficient (Wildman–Crippen LogP) is 5.34. The molecule has 0 aliphatic heterocycles. The number of nitrogens with zero attached hydrogens (tertiary/aromatic N) is 3. The number of benzene rings is 1.